The zero-order valence-corrected chi connectivity index (χ0v) is 11.0. The minimum atomic E-state index is -0.438. The molecule has 6 heteroatoms. The first-order valence-electron chi connectivity index (χ1n) is 6.38. The third-order valence-electron chi connectivity index (χ3n) is 3.18. The molecule has 0 aliphatic carbocycles. The normalized spacial score (nSPS) is 14.8. The molecular formula is C13H18N2O4. The van der Waals surface area contributed by atoms with Gasteiger partial charge in [0.05, 0.1) is 24.7 Å². The van der Waals surface area contributed by atoms with Gasteiger partial charge in [-0.1, -0.05) is 0 Å². The standard InChI is InChI=1S/C13H18N2O4/c1-18-12-5-4-11(15(16)17)10-13(12)19-9-3-8-14-6-2-7-14/h4-5,10H,2-3,6-9H2,1H3. The third-order valence-corrected chi connectivity index (χ3v) is 3.18. The van der Waals surface area contributed by atoms with Crippen LogP contribution in [0.5, 0.6) is 11.5 Å². The van der Waals surface area contributed by atoms with Crippen LogP contribution in [0.2, 0.25) is 0 Å². The number of benzene rings is 1. The summed E-state index contributed by atoms with van der Waals surface area (Å²) in [6, 6.07) is 4.37. The fourth-order valence-electron chi connectivity index (χ4n) is 1.97. The maximum Gasteiger partial charge on any atom is 0.273 e. The number of likely N-dealkylation sites (tertiary alicyclic amines) is 1. The molecule has 0 atom stereocenters. The number of methoxy groups -OCH3 is 1. The van der Waals surface area contributed by atoms with Gasteiger partial charge >= 0.3 is 0 Å². The molecule has 0 amide bonds. The molecule has 1 fully saturated rings. The molecule has 1 aromatic carbocycles. The minimum absolute atomic E-state index is 0.0125. The molecule has 104 valence electrons. The SMILES string of the molecule is COc1ccc([N+](=O)[O-])cc1OCCCN1CCC1. The van der Waals surface area contributed by atoms with E-state index in [1.807, 2.05) is 0 Å². The molecule has 0 N–H and O–H groups in total. The Hall–Kier alpha value is -1.82. The molecule has 0 aromatic heterocycles. The van der Waals surface area contributed by atoms with Crippen LogP contribution in [0.1, 0.15) is 12.8 Å². The highest BCUT2D eigenvalue weighted by atomic mass is 16.6. The van der Waals surface area contributed by atoms with Crippen molar-refractivity contribution >= 4 is 5.69 Å². The fraction of sp³-hybridized carbons (Fsp3) is 0.538. The Balaban J connectivity index is 1.88. The molecule has 1 aliphatic heterocycles. The minimum Gasteiger partial charge on any atom is -0.493 e. The van der Waals surface area contributed by atoms with E-state index in [-0.39, 0.29) is 5.69 Å². The first-order valence-corrected chi connectivity index (χ1v) is 6.38. The van der Waals surface area contributed by atoms with Gasteiger partial charge in [0.15, 0.2) is 11.5 Å². The largest absolute Gasteiger partial charge is 0.493 e. The quantitative estimate of drug-likeness (QED) is 0.429. The van der Waals surface area contributed by atoms with Crippen LogP contribution in [0.15, 0.2) is 18.2 Å². The Morgan fingerprint density at radius 1 is 1.37 bits per heavy atom. The zero-order valence-electron chi connectivity index (χ0n) is 11.0. The predicted molar refractivity (Wildman–Crippen MR) is 70.8 cm³/mol. The highest BCUT2D eigenvalue weighted by Gasteiger charge is 2.14. The van der Waals surface area contributed by atoms with Gasteiger partial charge in [-0.15, -0.1) is 0 Å². The molecule has 19 heavy (non-hydrogen) atoms. The van der Waals surface area contributed by atoms with Crippen molar-refractivity contribution in [2.75, 3.05) is 33.4 Å². The van der Waals surface area contributed by atoms with Crippen molar-refractivity contribution in [1.82, 2.24) is 4.90 Å². The number of non-ortho nitro benzene ring substituents is 1. The van der Waals surface area contributed by atoms with Crippen LogP contribution >= 0.6 is 0 Å². The van der Waals surface area contributed by atoms with Crippen LogP contribution in [-0.4, -0.2) is 43.2 Å². The number of ether oxygens (including phenoxy) is 2. The van der Waals surface area contributed by atoms with Crippen molar-refractivity contribution in [1.29, 1.82) is 0 Å². The molecule has 0 spiro atoms. The summed E-state index contributed by atoms with van der Waals surface area (Å²) in [5.74, 6) is 0.954. The van der Waals surface area contributed by atoms with Gasteiger partial charge in [-0.05, 0) is 32.0 Å². The Morgan fingerprint density at radius 3 is 2.74 bits per heavy atom. The van der Waals surface area contributed by atoms with Crippen molar-refractivity contribution in [3.05, 3.63) is 28.3 Å². The molecule has 2 rings (SSSR count). The van der Waals surface area contributed by atoms with Gasteiger partial charge in [0.1, 0.15) is 0 Å². The summed E-state index contributed by atoms with van der Waals surface area (Å²) in [7, 11) is 1.52. The van der Waals surface area contributed by atoms with E-state index in [1.54, 1.807) is 6.07 Å². The molecule has 0 radical (unpaired) electrons. The summed E-state index contributed by atoms with van der Waals surface area (Å²) in [4.78, 5) is 12.6. The fourth-order valence-corrected chi connectivity index (χ4v) is 1.97. The Morgan fingerprint density at radius 2 is 2.16 bits per heavy atom. The highest BCUT2D eigenvalue weighted by Crippen LogP contribution is 2.31. The van der Waals surface area contributed by atoms with Crippen LogP contribution < -0.4 is 9.47 Å². The molecule has 6 nitrogen and oxygen atoms in total. The van der Waals surface area contributed by atoms with E-state index in [4.69, 9.17) is 9.47 Å². The van der Waals surface area contributed by atoms with Crippen LogP contribution in [0.25, 0.3) is 0 Å². The molecule has 1 heterocycles. The number of rotatable bonds is 7. The Kier molecular flexibility index (Phi) is 4.57. The van der Waals surface area contributed by atoms with Gasteiger partial charge in [0, 0.05) is 12.6 Å². The average molecular weight is 266 g/mol. The van der Waals surface area contributed by atoms with E-state index in [1.165, 1.54) is 38.8 Å². The van der Waals surface area contributed by atoms with E-state index >= 15 is 0 Å². The van der Waals surface area contributed by atoms with Gasteiger partial charge in [0.2, 0.25) is 0 Å². The first kappa shape index (κ1) is 13.6. The number of nitrogens with zero attached hydrogens (tertiary/aromatic N) is 2. The van der Waals surface area contributed by atoms with E-state index in [2.05, 4.69) is 4.90 Å². The topological polar surface area (TPSA) is 64.8 Å². The summed E-state index contributed by atoms with van der Waals surface area (Å²) in [5.41, 5.74) is 0.0125. The smallest absolute Gasteiger partial charge is 0.273 e. The lowest BCUT2D eigenvalue weighted by molar-refractivity contribution is -0.385. The van der Waals surface area contributed by atoms with E-state index < -0.39 is 4.92 Å². The average Bonchev–Trinajstić information content (AvgIpc) is 2.36. The molecule has 1 saturated heterocycles. The molecule has 0 unspecified atom stereocenters. The number of hydrogen-bond donors (Lipinski definition) is 0. The second-order valence-corrected chi connectivity index (χ2v) is 4.49. The maximum atomic E-state index is 10.7. The second kappa shape index (κ2) is 6.38. The van der Waals surface area contributed by atoms with Crippen LogP contribution in [0.4, 0.5) is 5.69 Å². The molecule has 0 saturated carbocycles. The van der Waals surface area contributed by atoms with E-state index in [0.717, 1.165) is 13.0 Å². The van der Waals surface area contributed by atoms with Crippen molar-refractivity contribution in [3.63, 3.8) is 0 Å². The molecular weight excluding hydrogens is 248 g/mol. The lowest BCUT2D eigenvalue weighted by Crippen LogP contribution is -2.38. The molecule has 0 bridgehead atoms. The zero-order chi connectivity index (χ0) is 13.7. The van der Waals surface area contributed by atoms with Gasteiger partial charge < -0.3 is 14.4 Å². The van der Waals surface area contributed by atoms with Gasteiger partial charge in [0.25, 0.3) is 5.69 Å². The number of nitro groups is 1. The number of hydrogen-bond acceptors (Lipinski definition) is 5. The van der Waals surface area contributed by atoms with Crippen LogP contribution in [0, 0.1) is 10.1 Å². The predicted octanol–water partition coefficient (Wildman–Crippen LogP) is 2.08. The van der Waals surface area contributed by atoms with Crippen LogP contribution in [0.3, 0.4) is 0 Å². The lowest BCUT2D eigenvalue weighted by Gasteiger charge is -2.30. The molecule has 1 aromatic rings. The summed E-state index contributed by atoms with van der Waals surface area (Å²) in [5, 5.41) is 10.7. The van der Waals surface area contributed by atoms with E-state index in [9.17, 15) is 10.1 Å². The van der Waals surface area contributed by atoms with Gasteiger partial charge in [-0.3, -0.25) is 10.1 Å². The Labute approximate surface area is 112 Å². The van der Waals surface area contributed by atoms with Crippen molar-refractivity contribution in [2.24, 2.45) is 0 Å². The van der Waals surface area contributed by atoms with Crippen molar-refractivity contribution in [3.8, 4) is 11.5 Å². The van der Waals surface area contributed by atoms with Crippen LogP contribution in [-0.2, 0) is 0 Å². The Bertz CT molecular complexity index is 446. The summed E-state index contributed by atoms with van der Waals surface area (Å²) < 4.78 is 10.7. The van der Waals surface area contributed by atoms with Crippen molar-refractivity contribution in [2.45, 2.75) is 12.8 Å². The summed E-state index contributed by atoms with van der Waals surface area (Å²) >= 11 is 0. The monoisotopic (exact) mass is 266 g/mol. The van der Waals surface area contributed by atoms with Gasteiger partial charge in [-0.2, -0.15) is 0 Å². The maximum absolute atomic E-state index is 10.7. The number of nitro benzene ring substituents is 1. The second-order valence-electron chi connectivity index (χ2n) is 4.49. The first-order chi connectivity index (χ1) is 9.20. The highest BCUT2D eigenvalue weighted by molar-refractivity contribution is 5.48. The third kappa shape index (κ3) is 3.57. The van der Waals surface area contributed by atoms with E-state index in [0.29, 0.717) is 18.1 Å². The van der Waals surface area contributed by atoms with Crippen molar-refractivity contribution < 1.29 is 14.4 Å². The van der Waals surface area contributed by atoms with Gasteiger partial charge in [-0.25, -0.2) is 0 Å². The summed E-state index contributed by atoms with van der Waals surface area (Å²) in [6.45, 7) is 3.88. The molecule has 1 aliphatic rings. The lowest BCUT2D eigenvalue weighted by atomic mass is 10.2. The summed E-state index contributed by atoms with van der Waals surface area (Å²) in [6.07, 6.45) is 2.19.